The lowest BCUT2D eigenvalue weighted by molar-refractivity contribution is -0.116. The molecule has 0 unspecified atom stereocenters. The van der Waals surface area contributed by atoms with E-state index in [0.717, 1.165) is 23.4 Å². The number of amides is 2. The molecule has 0 atom stereocenters. The van der Waals surface area contributed by atoms with Gasteiger partial charge >= 0.3 is 0 Å². The number of benzene rings is 1. The number of allylic oxidation sites excluding steroid dienone is 3. The van der Waals surface area contributed by atoms with Gasteiger partial charge in [0.25, 0.3) is 5.91 Å². The Morgan fingerprint density at radius 1 is 1.27 bits per heavy atom. The molecule has 0 aliphatic carbocycles. The van der Waals surface area contributed by atoms with Crippen LogP contribution in [0.4, 0.5) is 11.4 Å². The lowest BCUT2D eigenvalue weighted by Crippen LogP contribution is -2.38. The van der Waals surface area contributed by atoms with E-state index >= 15 is 0 Å². The average Bonchev–Trinajstić information content (AvgIpc) is 3.52. The van der Waals surface area contributed by atoms with E-state index in [1.807, 2.05) is 19.1 Å². The van der Waals surface area contributed by atoms with Gasteiger partial charge in [0.15, 0.2) is 0 Å². The molecule has 0 saturated carbocycles. The summed E-state index contributed by atoms with van der Waals surface area (Å²) in [6.45, 7) is 6.09. The molecule has 0 radical (unpaired) electrons. The molecular weight excluding hydrogens is 508 g/mol. The molecule has 1 aromatic carbocycles. The first-order valence-electron chi connectivity index (χ1n) is 12.2. The summed E-state index contributed by atoms with van der Waals surface area (Å²) in [5.74, 6) is 0.138. The van der Waals surface area contributed by atoms with Crippen LogP contribution in [0.5, 0.6) is 0 Å². The highest BCUT2D eigenvalue weighted by molar-refractivity contribution is 8.18. The number of unbranched alkanes of at least 4 members (excludes halogenated alkanes) is 1. The lowest BCUT2D eigenvalue weighted by Gasteiger charge is -2.22. The van der Waals surface area contributed by atoms with Crippen LogP contribution < -0.4 is 10.2 Å². The zero-order chi connectivity index (χ0) is 26.4. The van der Waals surface area contributed by atoms with E-state index in [0.29, 0.717) is 40.4 Å². The molecule has 0 spiro atoms. The van der Waals surface area contributed by atoms with Gasteiger partial charge in [-0.25, -0.2) is 8.42 Å². The van der Waals surface area contributed by atoms with Crippen LogP contribution in [-0.2, 0) is 26.2 Å². The SMILES string of the molecule is C=C/C=C1/C(=O)N(Cc2ccncc2)c2ccc(NC(=O)CN(CCCC)S(=O)(=O)C3=CCCS3)cc21. The largest absolute Gasteiger partial charge is 0.325 e. The number of nitrogens with zero attached hydrogens (tertiary/aromatic N) is 3. The smallest absolute Gasteiger partial charge is 0.259 e. The average molecular weight is 539 g/mol. The molecule has 1 aromatic heterocycles. The number of hydrogen-bond acceptors (Lipinski definition) is 6. The molecule has 3 heterocycles. The normalized spacial score (nSPS) is 16.3. The van der Waals surface area contributed by atoms with Crippen LogP contribution in [-0.4, -0.2) is 48.4 Å². The molecule has 0 saturated heterocycles. The number of sulfonamides is 1. The molecule has 10 heteroatoms. The van der Waals surface area contributed by atoms with Gasteiger partial charge in [-0.15, -0.1) is 11.8 Å². The van der Waals surface area contributed by atoms with Crippen molar-refractivity contribution in [1.29, 1.82) is 0 Å². The number of rotatable bonds is 11. The number of carbonyl (C=O) groups excluding carboxylic acids is 2. The van der Waals surface area contributed by atoms with Gasteiger partial charge in [0.2, 0.25) is 15.9 Å². The Bertz CT molecular complexity index is 1350. The Hall–Kier alpha value is -3.21. The maximum absolute atomic E-state index is 13.2. The topological polar surface area (TPSA) is 99.7 Å². The van der Waals surface area contributed by atoms with E-state index in [-0.39, 0.29) is 19.0 Å². The number of carbonyl (C=O) groups is 2. The van der Waals surface area contributed by atoms with Crippen molar-refractivity contribution in [1.82, 2.24) is 9.29 Å². The van der Waals surface area contributed by atoms with Gasteiger partial charge in [0.05, 0.1) is 18.8 Å². The molecule has 1 N–H and O–H groups in total. The van der Waals surface area contributed by atoms with E-state index in [2.05, 4.69) is 16.9 Å². The number of aromatic nitrogens is 1. The first kappa shape index (κ1) is 26.8. The predicted octanol–water partition coefficient (Wildman–Crippen LogP) is 4.55. The fourth-order valence-electron chi connectivity index (χ4n) is 4.22. The summed E-state index contributed by atoms with van der Waals surface area (Å²) in [7, 11) is -3.71. The number of fused-ring (bicyclic) bond motifs is 1. The predicted molar refractivity (Wildman–Crippen MR) is 149 cm³/mol. The molecule has 2 aliphatic rings. The Morgan fingerprint density at radius 2 is 2.05 bits per heavy atom. The highest BCUT2D eigenvalue weighted by Crippen LogP contribution is 2.39. The van der Waals surface area contributed by atoms with Crippen LogP contribution in [0.2, 0.25) is 0 Å². The Morgan fingerprint density at radius 3 is 2.73 bits per heavy atom. The van der Waals surface area contributed by atoms with Crippen LogP contribution in [0, 0.1) is 0 Å². The maximum atomic E-state index is 13.2. The molecule has 2 amide bonds. The second-order valence-electron chi connectivity index (χ2n) is 8.70. The summed E-state index contributed by atoms with van der Waals surface area (Å²) >= 11 is 1.31. The van der Waals surface area contributed by atoms with E-state index in [1.165, 1.54) is 16.1 Å². The summed E-state index contributed by atoms with van der Waals surface area (Å²) in [5.41, 5.74) is 3.31. The molecule has 2 aliphatic heterocycles. The van der Waals surface area contributed by atoms with Crippen LogP contribution in [0.25, 0.3) is 5.57 Å². The minimum absolute atomic E-state index is 0.158. The first-order valence-corrected chi connectivity index (χ1v) is 14.6. The van der Waals surface area contributed by atoms with Gasteiger partial charge in [-0.05, 0) is 54.8 Å². The zero-order valence-electron chi connectivity index (χ0n) is 20.7. The van der Waals surface area contributed by atoms with Gasteiger partial charge in [0, 0.05) is 41.5 Å². The summed E-state index contributed by atoms with van der Waals surface area (Å²) in [6.07, 6.45) is 10.5. The van der Waals surface area contributed by atoms with Crippen molar-refractivity contribution in [2.24, 2.45) is 0 Å². The van der Waals surface area contributed by atoms with Gasteiger partial charge in [-0.1, -0.05) is 32.1 Å². The van der Waals surface area contributed by atoms with E-state index in [9.17, 15) is 18.0 Å². The highest BCUT2D eigenvalue weighted by Gasteiger charge is 2.33. The lowest BCUT2D eigenvalue weighted by atomic mass is 10.1. The molecule has 2 aromatic rings. The molecule has 0 fully saturated rings. The monoisotopic (exact) mass is 538 g/mol. The van der Waals surface area contributed by atoms with Crippen molar-refractivity contribution in [2.45, 2.75) is 32.7 Å². The molecule has 37 heavy (non-hydrogen) atoms. The minimum atomic E-state index is -3.71. The quantitative estimate of drug-likeness (QED) is 0.422. The fourth-order valence-corrected chi connectivity index (χ4v) is 7.30. The van der Waals surface area contributed by atoms with Crippen molar-refractivity contribution < 1.29 is 18.0 Å². The molecule has 0 bridgehead atoms. The van der Waals surface area contributed by atoms with E-state index in [1.54, 1.807) is 53.7 Å². The van der Waals surface area contributed by atoms with Crippen molar-refractivity contribution in [3.8, 4) is 0 Å². The maximum Gasteiger partial charge on any atom is 0.259 e. The van der Waals surface area contributed by atoms with Crippen molar-refractivity contribution in [2.75, 3.05) is 29.1 Å². The van der Waals surface area contributed by atoms with Crippen molar-refractivity contribution in [3.63, 3.8) is 0 Å². The van der Waals surface area contributed by atoms with Gasteiger partial charge in [-0.2, -0.15) is 4.31 Å². The number of anilines is 2. The first-order chi connectivity index (χ1) is 17.8. The van der Waals surface area contributed by atoms with Gasteiger partial charge in [-0.3, -0.25) is 14.6 Å². The Labute approximate surface area is 222 Å². The Kier molecular flexibility index (Phi) is 8.63. The van der Waals surface area contributed by atoms with Crippen LogP contribution in [0.1, 0.15) is 37.3 Å². The number of thioether (sulfide) groups is 1. The molecule has 8 nitrogen and oxygen atoms in total. The molecule has 194 valence electrons. The highest BCUT2D eigenvalue weighted by atomic mass is 32.3. The molecular formula is C27H30N4O4S2. The summed E-state index contributed by atoms with van der Waals surface area (Å²) in [5, 5.41) is 2.82. The van der Waals surface area contributed by atoms with Gasteiger partial charge < -0.3 is 10.2 Å². The minimum Gasteiger partial charge on any atom is -0.325 e. The summed E-state index contributed by atoms with van der Waals surface area (Å²) in [4.78, 5) is 31.9. The number of pyridine rings is 1. The fraction of sp³-hybridized carbons (Fsp3) is 0.296. The second-order valence-corrected chi connectivity index (χ2v) is 12.0. The van der Waals surface area contributed by atoms with Crippen molar-refractivity contribution >= 4 is 50.5 Å². The number of nitrogens with one attached hydrogen (secondary N) is 1. The van der Waals surface area contributed by atoms with E-state index < -0.39 is 15.9 Å². The third-order valence-corrected chi connectivity index (χ3v) is 9.60. The molecule has 4 rings (SSSR count). The summed E-state index contributed by atoms with van der Waals surface area (Å²) in [6, 6.07) is 8.97. The van der Waals surface area contributed by atoms with Gasteiger partial charge in [0.1, 0.15) is 4.24 Å². The van der Waals surface area contributed by atoms with Crippen LogP contribution >= 0.6 is 11.8 Å². The standard InChI is InChI=1S/C27H30N4O4S2/c1-3-5-15-30(37(34,35)26-8-6-16-36-26)19-25(32)29-21-9-10-24-23(17-21)22(7-4-2)27(33)31(24)18-20-11-13-28-14-12-20/h4,7-14,17H,2-3,5-6,15-16,18-19H2,1H3,(H,29,32)/b22-7+. The Balaban J connectivity index is 1.54. The van der Waals surface area contributed by atoms with E-state index in [4.69, 9.17) is 0 Å². The summed E-state index contributed by atoms with van der Waals surface area (Å²) < 4.78 is 27.8. The van der Waals surface area contributed by atoms with Crippen LogP contribution in [0.15, 0.2) is 71.8 Å². The third-order valence-electron chi connectivity index (χ3n) is 6.06. The van der Waals surface area contributed by atoms with Crippen LogP contribution in [0.3, 0.4) is 0 Å². The zero-order valence-corrected chi connectivity index (χ0v) is 22.4. The number of hydrogen-bond donors (Lipinski definition) is 1. The van der Waals surface area contributed by atoms with Crippen molar-refractivity contribution in [3.05, 3.63) is 82.9 Å². The second kappa shape index (κ2) is 11.9. The third kappa shape index (κ3) is 6.03.